The molecular weight excluding hydrogens is 429 g/mol. The molecule has 0 radical (unpaired) electrons. The molecule has 1 spiro atoms. The van der Waals surface area contributed by atoms with Crippen molar-refractivity contribution in [2.45, 2.75) is 64.3 Å². The van der Waals surface area contributed by atoms with E-state index in [0.717, 1.165) is 25.3 Å². The first-order valence-electron chi connectivity index (χ1n) is 11.3. The standard InChI is InChI=1S/C24H32FN3O3S/c1-4-19(3)31-23-10-5-7-20(13-23)16-27-12-11-24(15-18(27)2)17-26-32(29,30)28(24)22-9-6-8-21(25)14-22/h5-10,13-14,18-19,26H,4,11-12,15-17H2,1-3H3/t18-,19+,24+/m0/s1. The largest absolute Gasteiger partial charge is 0.491 e. The maximum absolute atomic E-state index is 13.9. The zero-order valence-corrected chi connectivity index (χ0v) is 19.7. The van der Waals surface area contributed by atoms with Crippen molar-refractivity contribution in [2.75, 3.05) is 17.4 Å². The summed E-state index contributed by atoms with van der Waals surface area (Å²) >= 11 is 0. The minimum Gasteiger partial charge on any atom is -0.491 e. The van der Waals surface area contributed by atoms with E-state index in [1.807, 2.05) is 12.1 Å². The molecule has 8 heteroatoms. The van der Waals surface area contributed by atoms with Crippen LogP contribution in [0.3, 0.4) is 0 Å². The highest BCUT2D eigenvalue weighted by atomic mass is 32.2. The van der Waals surface area contributed by atoms with Gasteiger partial charge in [-0.3, -0.25) is 9.21 Å². The van der Waals surface area contributed by atoms with Gasteiger partial charge in [-0.2, -0.15) is 13.1 Å². The van der Waals surface area contributed by atoms with Crippen LogP contribution in [0.5, 0.6) is 5.75 Å². The van der Waals surface area contributed by atoms with E-state index in [1.54, 1.807) is 12.1 Å². The third-order valence-corrected chi connectivity index (χ3v) is 8.24. The molecule has 1 N–H and O–H groups in total. The molecule has 2 aromatic rings. The van der Waals surface area contributed by atoms with Crippen LogP contribution in [0.1, 0.15) is 45.6 Å². The van der Waals surface area contributed by atoms with Gasteiger partial charge in [0.25, 0.3) is 0 Å². The molecular formula is C24H32FN3O3S. The summed E-state index contributed by atoms with van der Waals surface area (Å²) in [5.41, 5.74) is 0.961. The number of nitrogens with zero attached hydrogens (tertiary/aromatic N) is 2. The summed E-state index contributed by atoms with van der Waals surface area (Å²) in [6.45, 7) is 8.16. The minimum absolute atomic E-state index is 0.161. The molecule has 0 aromatic heterocycles. The lowest BCUT2D eigenvalue weighted by Gasteiger charge is -2.47. The van der Waals surface area contributed by atoms with E-state index in [4.69, 9.17) is 4.74 Å². The van der Waals surface area contributed by atoms with E-state index in [9.17, 15) is 12.8 Å². The second-order valence-electron chi connectivity index (χ2n) is 9.05. The van der Waals surface area contributed by atoms with Gasteiger partial charge >= 0.3 is 10.2 Å². The monoisotopic (exact) mass is 461 g/mol. The van der Waals surface area contributed by atoms with Gasteiger partial charge in [-0.15, -0.1) is 0 Å². The summed E-state index contributed by atoms with van der Waals surface area (Å²) in [5.74, 6) is 0.436. The fourth-order valence-electron chi connectivity index (χ4n) is 4.83. The third-order valence-electron chi connectivity index (χ3n) is 6.66. The molecule has 0 amide bonds. The van der Waals surface area contributed by atoms with Crippen LogP contribution >= 0.6 is 0 Å². The van der Waals surface area contributed by atoms with Gasteiger partial charge in [0, 0.05) is 25.7 Å². The second-order valence-corrected chi connectivity index (χ2v) is 10.7. The van der Waals surface area contributed by atoms with Gasteiger partial charge < -0.3 is 4.74 Å². The Hall–Kier alpha value is -2.16. The first kappa shape index (κ1) is 23.0. The van der Waals surface area contributed by atoms with Gasteiger partial charge in [-0.1, -0.05) is 25.1 Å². The fourth-order valence-corrected chi connectivity index (χ4v) is 6.54. The second kappa shape index (κ2) is 9.00. The molecule has 3 atom stereocenters. The molecule has 0 aliphatic carbocycles. The maximum atomic E-state index is 13.9. The van der Waals surface area contributed by atoms with Crippen LogP contribution < -0.4 is 13.8 Å². The molecule has 2 aliphatic rings. The number of nitrogens with one attached hydrogen (secondary N) is 1. The molecule has 2 heterocycles. The first-order chi connectivity index (χ1) is 15.2. The lowest BCUT2D eigenvalue weighted by molar-refractivity contribution is 0.106. The van der Waals surface area contributed by atoms with Crippen molar-refractivity contribution in [3.05, 3.63) is 59.9 Å². The number of likely N-dealkylation sites (tertiary alicyclic amines) is 1. The Morgan fingerprint density at radius 2 is 2.03 bits per heavy atom. The van der Waals surface area contributed by atoms with E-state index >= 15 is 0 Å². The number of benzene rings is 2. The first-order valence-corrected chi connectivity index (χ1v) is 12.7. The topological polar surface area (TPSA) is 61.9 Å². The predicted molar refractivity (Wildman–Crippen MR) is 124 cm³/mol. The molecule has 2 fully saturated rings. The van der Waals surface area contributed by atoms with Crippen LogP contribution in [0.2, 0.25) is 0 Å². The molecule has 2 aliphatic heterocycles. The van der Waals surface area contributed by atoms with Crippen molar-refractivity contribution in [1.29, 1.82) is 0 Å². The lowest BCUT2D eigenvalue weighted by Crippen LogP contribution is -2.57. The highest BCUT2D eigenvalue weighted by Crippen LogP contribution is 2.41. The minimum atomic E-state index is -3.70. The zero-order valence-electron chi connectivity index (χ0n) is 18.9. The van der Waals surface area contributed by atoms with Crippen LogP contribution in [-0.4, -0.2) is 44.1 Å². The molecule has 0 saturated carbocycles. The molecule has 174 valence electrons. The number of anilines is 1. The third kappa shape index (κ3) is 4.63. The summed E-state index contributed by atoms with van der Waals surface area (Å²) < 4.78 is 49.6. The number of piperidine rings is 1. The quantitative estimate of drug-likeness (QED) is 0.704. The van der Waals surface area contributed by atoms with Crippen molar-refractivity contribution in [3.8, 4) is 5.75 Å². The number of rotatable bonds is 6. The highest BCUT2D eigenvalue weighted by Gasteiger charge is 2.52. The summed E-state index contributed by atoms with van der Waals surface area (Å²) in [5, 5.41) is 0. The van der Waals surface area contributed by atoms with Crippen LogP contribution in [0.4, 0.5) is 10.1 Å². The van der Waals surface area contributed by atoms with Crippen molar-refractivity contribution in [1.82, 2.24) is 9.62 Å². The molecule has 0 bridgehead atoms. The molecule has 2 aromatic carbocycles. The van der Waals surface area contributed by atoms with Crippen molar-refractivity contribution >= 4 is 15.9 Å². The average Bonchev–Trinajstić information content (AvgIpc) is 3.00. The normalized spacial score (nSPS) is 26.4. The predicted octanol–water partition coefficient (Wildman–Crippen LogP) is 4.08. The summed E-state index contributed by atoms with van der Waals surface area (Å²) in [6.07, 6.45) is 2.46. The van der Waals surface area contributed by atoms with Gasteiger partial charge in [-0.25, -0.2) is 4.39 Å². The molecule has 4 rings (SSSR count). The van der Waals surface area contributed by atoms with E-state index in [2.05, 4.69) is 42.5 Å². The highest BCUT2D eigenvalue weighted by molar-refractivity contribution is 7.91. The van der Waals surface area contributed by atoms with Gasteiger partial charge in [0.15, 0.2) is 0 Å². The Morgan fingerprint density at radius 1 is 1.25 bits per heavy atom. The molecule has 6 nitrogen and oxygen atoms in total. The van der Waals surface area contributed by atoms with Crippen LogP contribution in [-0.2, 0) is 16.8 Å². The SMILES string of the molecule is CC[C@@H](C)Oc1cccc(CN2CC[C@]3(CNS(=O)(=O)N3c3cccc(F)c3)C[C@@H]2C)c1. The Balaban J connectivity index is 1.51. The maximum Gasteiger partial charge on any atom is 0.302 e. The Morgan fingerprint density at radius 3 is 2.75 bits per heavy atom. The zero-order chi connectivity index (χ0) is 22.9. The summed E-state index contributed by atoms with van der Waals surface area (Å²) in [4.78, 5) is 2.38. The van der Waals surface area contributed by atoms with Crippen molar-refractivity contribution in [3.63, 3.8) is 0 Å². The number of hydrogen-bond acceptors (Lipinski definition) is 4. The van der Waals surface area contributed by atoms with Crippen LogP contribution in [0, 0.1) is 5.82 Å². The molecule has 32 heavy (non-hydrogen) atoms. The van der Waals surface area contributed by atoms with Crippen molar-refractivity contribution < 1.29 is 17.5 Å². The van der Waals surface area contributed by atoms with Gasteiger partial charge in [-0.05, 0) is 69.0 Å². The van der Waals surface area contributed by atoms with E-state index in [0.29, 0.717) is 25.1 Å². The fraction of sp³-hybridized carbons (Fsp3) is 0.500. The van der Waals surface area contributed by atoms with Gasteiger partial charge in [0.05, 0.1) is 17.3 Å². The number of ether oxygens (including phenoxy) is 1. The van der Waals surface area contributed by atoms with E-state index in [1.165, 1.54) is 22.0 Å². The smallest absolute Gasteiger partial charge is 0.302 e. The lowest BCUT2D eigenvalue weighted by atomic mass is 9.83. The van der Waals surface area contributed by atoms with E-state index < -0.39 is 21.6 Å². The Labute approximate surface area is 190 Å². The average molecular weight is 462 g/mol. The summed E-state index contributed by atoms with van der Waals surface area (Å²) in [6, 6.07) is 14.2. The van der Waals surface area contributed by atoms with Crippen LogP contribution in [0.15, 0.2) is 48.5 Å². The molecule has 2 saturated heterocycles. The van der Waals surface area contributed by atoms with Crippen molar-refractivity contribution in [2.24, 2.45) is 0 Å². The molecule has 0 unspecified atom stereocenters. The number of hydrogen-bond donors (Lipinski definition) is 1. The van der Waals surface area contributed by atoms with Gasteiger partial charge in [0.1, 0.15) is 11.6 Å². The van der Waals surface area contributed by atoms with E-state index in [-0.39, 0.29) is 12.1 Å². The number of halogens is 1. The Kier molecular flexibility index (Phi) is 6.47. The Bertz CT molecular complexity index is 1060. The van der Waals surface area contributed by atoms with Crippen LogP contribution in [0.25, 0.3) is 0 Å². The summed E-state index contributed by atoms with van der Waals surface area (Å²) in [7, 11) is -3.70. The van der Waals surface area contributed by atoms with Gasteiger partial charge in [0.2, 0.25) is 0 Å².